The van der Waals surface area contributed by atoms with Crippen LogP contribution in [0, 0.1) is 6.92 Å². The Morgan fingerprint density at radius 1 is 0.917 bits per heavy atom. The number of ether oxygens (including phenoxy) is 1. The fourth-order valence-electron chi connectivity index (χ4n) is 2.32. The van der Waals surface area contributed by atoms with Crippen molar-refractivity contribution in [3.63, 3.8) is 0 Å². The van der Waals surface area contributed by atoms with Crippen LogP contribution in [0.25, 0.3) is 0 Å². The lowest BCUT2D eigenvalue weighted by atomic mass is 10.2. The number of aliphatic imine (C=N–C) groups is 1. The third-order valence-electron chi connectivity index (χ3n) is 3.79. The summed E-state index contributed by atoms with van der Waals surface area (Å²) in [5.74, 6) is 1.65. The smallest absolute Gasteiger partial charge is 0.127 e. The van der Waals surface area contributed by atoms with E-state index in [9.17, 15) is 0 Å². The number of benzene rings is 2. The predicted molar refractivity (Wildman–Crippen MR) is 99.8 cm³/mol. The molecule has 0 aliphatic heterocycles. The highest BCUT2D eigenvalue weighted by molar-refractivity contribution is 5.81. The summed E-state index contributed by atoms with van der Waals surface area (Å²) in [7, 11) is 0. The third kappa shape index (κ3) is 4.13. The highest BCUT2D eigenvalue weighted by atomic mass is 16.5. The monoisotopic (exact) mass is 318 g/mol. The molecule has 0 bridgehead atoms. The zero-order valence-corrected chi connectivity index (χ0v) is 14.3. The van der Waals surface area contributed by atoms with Crippen molar-refractivity contribution in [1.82, 2.24) is 4.57 Å². The lowest BCUT2D eigenvalue weighted by molar-refractivity contribution is 0.482. The molecule has 3 aromatic rings. The fraction of sp³-hybridized carbons (Fsp3) is 0.190. The molecular formula is C21H22N2O. The van der Waals surface area contributed by atoms with Gasteiger partial charge >= 0.3 is 0 Å². The van der Waals surface area contributed by atoms with Crippen molar-refractivity contribution in [3.8, 4) is 11.5 Å². The van der Waals surface area contributed by atoms with E-state index in [1.54, 1.807) is 0 Å². The quantitative estimate of drug-likeness (QED) is 0.536. The second-order valence-electron chi connectivity index (χ2n) is 6.15. The van der Waals surface area contributed by atoms with Gasteiger partial charge in [-0.25, -0.2) is 0 Å². The molecule has 1 heterocycles. The molecule has 24 heavy (non-hydrogen) atoms. The molecule has 122 valence electrons. The number of hydrogen-bond donors (Lipinski definition) is 0. The van der Waals surface area contributed by atoms with E-state index in [1.807, 2.05) is 54.7 Å². The minimum atomic E-state index is 0.463. The van der Waals surface area contributed by atoms with Gasteiger partial charge in [-0.1, -0.05) is 17.7 Å². The van der Waals surface area contributed by atoms with Crippen molar-refractivity contribution in [2.24, 2.45) is 4.99 Å². The number of aryl methyl sites for hydroxylation is 1. The van der Waals surface area contributed by atoms with Gasteiger partial charge in [-0.3, -0.25) is 4.99 Å². The highest BCUT2D eigenvalue weighted by Gasteiger charge is 1.99. The van der Waals surface area contributed by atoms with Crippen LogP contribution in [-0.2, 0) is 0 Å². The summed E-state index contributed by atoms with van der Waals surface area (Å²) < 4.78 is 7.99. The normalized spacial score (nSPS) is 11.3. The number of nitrogens with zero attached hydrogens (tertiary/aromatic N) is 2. The third-order valence-corrected chi connectivity index (χ3v) is 3.79. The molecular weight excluding hydrogens is 296 g/mol. The maximum atomic E-state index is 5.83. The van der Waals surface area contributed by atoms with Crippen molar-refractivity contribution < 1.29 is 4.74 Å². The molecule has 2 aromatic carbocycles. The summed E-state index contributed by atoms with van der Waals surface area (Å²) in [6.07, 6.45) is 6.06. The Kier molecular flexibility index (Phi) is 4.80. The van der Waals surface area contributed by atoms with Crippen LogP contribution in [0.2, 0.25) is 0 Å². The van der Waals surface area contributed by atoms with Crippen molar-refractivity contribution in [3.05, 3.63) is 78.1 Å². The van der Waals surface area contributed by atoms with Crippen LogP contribution in [0.1, 0.15) is 31.0 Å². The molecule has 0 spiro atoms. The minimum absolute atomic E-state index is 0.463. The molecule has 0 atom stereocenters. The van der Waals surface area contributed by atoms with Gasteiger partial charge in [0.05, 0.1) is 5.69 Å². The van der Waals surface area contributed by atoms with E-state index in [2.05, 4.69) is 48.8 Å². The van der Waals surface area contributed by atoms with Gasteiger partial charge in [0.2, 0.25) is 0 Å². The van der Waals surface area contributed by atoms with Crippen LogP contribution in [-0.4, -0.2) is 10.8 Å². The topological polar surface area (TPSA) is 26.5 Å². The minimum Gasteiger partial charge on any atom is -0.457 e. The van der Waals surface area contributed by atoms with E-state index in [0.717, 1.165) is 22.7 Å². The Morgan fingerprint density at radius 2 is 1.54 bits per heavy atom. The largest absolute Gasteiger partial charge is 0.457 e. The van der Waals surface area contributed by atoms with Crippen molar-refractivity contribution in [1.29, 1.82) is 0 Å². The second kappa shape index (κ2) is 7.18. The summed E-state index contributed by atoms with van der Waals surface area (Å²) in [4.78, 5) is 4.52. The van der Waals surface area contributed by atoms with E-state index < -0.39 is 0 Å². The summed E-state index contributed by atoms with van der Waals surface area (Å²) in [6, 6.07) is 18.3. The zero-order valence-electron chi connectivity index (χ0n) is 14.3. The van der Waals surface area contributed by atoms with Crippen LogP contribution in [0.15, 0.2) is 72.0 Å². The van der Waals surface area contributed by atoms with Crippen molar-refractivity contribution in [2.75, 3.05) is 0 Å². The Hall–Kier alpha value is -2.81. The first kappa shape index (κ1) is 16.1. The van der Waals surface area contributed by atoms with Crippen LogP contribution >= 0.6 is 0 Å². The molecule has 0 unspecified atom stereocenters. The molecule has 3 rings (SSSR count). The summed E-state index contributed by atoms with van der Waals surface area (Å²) in [5, 5.41) is 0. The second-order valence-corrected chi connectivity index (χ2v) is 6.15. The molecule has 0 aliphatic rings. The average molecular weight is 318 g/mol. The Morgan fingerprint density at radius 3 is 2.12 bits per heavy atom. The van der Waals surface area contributed by atoms with E-state index in [1.165, 1.54) is 5.56 Å². The maximum Gasteiger partial charge on any atom is 0.127 e. The number of hydrogen-bond acceptors (Lipinski definition) is 2. The van der Waals surface area contributed by atoms with Crippen LogP contribution in [0.3, 0.4) is 0 Å². The van der Waals surface area contributed by atoms with Crippen molar-refractivity contribution >= 4 is 11.9 Å². The molecule has 3 nitrogen and oxygen atoms in total. The molecule has 0 aliphatic carbocycles. The van der Waals surface area contributed by atoms with Gasteiger partial charge in [0.25, 0.3) is 0 Å². The molecule has 0 N–H and O–H groups in total. The first-order valence-electron chi connectivity index (χ1n) is 8.16. The SMILES string of the molecule is Cc1ccc(Oc2ccc(N=Cc3ccn(C(C)C)c3)cc2)cc1. The van der Waals surface area contributed by atoms with Gasteiger partial charge in [-0.05, 0) is 63.2 Å². The van der Waals surface area contributed by atoms with Crippen LogP contribution in [0.5, 0.6) is 11.5 Å². The number of rotatable bonds is 5. The van der Waals surface area contributed by atoms with E-state index in [4.69, 9.17) is 4.74 Å². The van der Waals surface area contributed by atoms with Gasteiger partial charge in [-0.2, -0.15) is 0 Å². The average Bonchev–Trinajstić information content (AvgIpc) is 3.06. The van der Waals surface area contributed by atoms with Gasteiger partial charge in [0.15, 0.2) is 0 Å². The molecule has 0 amide bonds. The van der Waals surface area contributed by atoms with Gasteiger partial charge in [0, 0.05) is 30.2 Å². The van der Waals surface area contributed by atoms with Crippen LogP contribution in [0.4, 0.5) is 5.69 Å². The van der Waals surface area contributed by atoms with E-state index in [0.29, 0.717) is 6.04 Å². The molecule has 0 radical (unpaired) electrons. The molecule has 3 heteroatoms. The van der Waals surface area contributed by atoms with Crippen molar-refractivity contribution in [2.45, 2.75) is 26.8 Å². The Labute approximate surface area is 143 Å². The predicted octanol–water partition coefficient (Wildman–Crippen LogP) is 5.92. The van der Waals surface area contributed by atoms with Gasteiger partial charge < -0.3 is 9.30 Å². The van der Waals surface area contributed by atoms with Crippen LogP contribution < -0.4 is 4.74 Å². The van der Waals surface area contributed by atoms with Gasteiger partial charge in [0.1, 0.15) is 11.5 Å². The zero-order chi connectivity index (χ0) is 16.9. The summed E-state index contributed by atoms with van der Waals surface area (Å²) >= 11 is 0. The molecule has 1 aromatic heterocycles. The molecule has 0 fully saturated rings. The first-order valence-corrected chi connectivity index (χ1v) is 8.16. The van der Waals surface area contributed by atoms with Gasteiger partial charge in [-0.15, -0.1) is 0 Å². The molecule has 0 saturated carbocycles. The fourth-order valence-corrected chi connectivity index (χ4v) is 2.32. The standard InChI is InChI=1S/C21H22N2O/c1-16(2)23-13-12-18(15-23)14-22-19-6-10-21(11-7-19)24-20-8-4-17(3)5-9-20/h4-16H,1-3H3. The lowest BCUT2D eigenvalue weighted by Crippen LogP contribution is -1.95. The summed E-state index contributed by atoms with van der Waals surface area (Å²) in [6.45, 7) is 6.38. The highest BCUT2D eigenvalue weighted by Crippen LogP contribution is 2.24. The summed E-state index contributed by atoms with van der Waals surface area (Å²) in [5.41, 5.74) is 3.23. The lowest BCUT2D eigenvalue weighted by Gasteiger charge is -2.06. The Bertz CT molecular complexity index is 812. The van der Waals surface area contributed by atoms with E-state index in [-0.39, 0.29) is 0 Å². The number of aromatic nitrogens is 1. The molecule has 0 saturated heterocycles. The maximum absolute atomic E-state index is 5.83. The Balaban J connectivity index is 1.65. The first-order chi connectivity index (χ1) is 11.6. The van der Waals surface area contributed by atoms with E-state index >= 15 is 0 Å².